The molecule has 110 valence electrons. The average molecular weight is 288 g/mol. The third-order valence-electron chi connectivity index (χ3n) is 3.24. The molecule has 20 heavy (non-hydrogen) atoms. The lowest BCUT2D eigenvalue weighted by Crippen LogP contribution is -2.47. The van der Waals surface area contributed by atoms with Crippen molar-refractivity contribution < 1.29 is 23.0 Å². The zero-order valence-corrected chi connectivity index (χ0v) is 11.0. The molecule has 0 radical (unpaired) electrons. The molecule has 0 amide bonds. The van der Waals surface area contributed by atoms with Gasteiger partial charge >= 0.3 is 6.18 Å². The first-order valence-corrected chi connectivity index (χ1v) is 6.03. The molecular formula is C13H15F3N2O2. The molecular weight excluding hydrogens is 273 g/mol. The van der Waals surface area contributed by atoms with Crippen molar-refractivity contribution >= 4 is 11.4 Å². The summed E-state index contributed by atoms with van der Waals surface area (Å²) in [6.07, 6.45) is -8.07. The molecule has 1 N–H and O–H groups in total. The van der Waals surface area contributed by atoms with Crippen LogP contribution in [0.25, 0.3) is 0 Å². The van der Waals surface area contributed by atoms with Crippen molar-refractivity contribution in [2.45, 2.75) is 25.4 Å². The standard InChI is InChI=1S/C13H15F3N2O2/c1-8-10(11(20-2)13(14,15)16)12(19)18(17-8)9-6-4-3-5-7-9/h3-7,10-12,19H,1-2H3. The average Bonchev–Trinajstić information content (AvgIpc) is 2.67. The Morgan fingerprint density at radius 2 is 1.90 bits per heavy atom. The minimum Gasteiger partial charge on any atom is -0.371 e. The number of methoxy groups -OCH3 is 1. The normalized spacial score (nSPS) is 24.7. The first-order chi connectivity index (χ1) is 9.36. The lowest BCUT2D eigenvalue weighted by molar-refractivity contribution is -0.228. The summed E-state index contributed by atoms with van der Waals surface area (Å²) in [4.78, 5) is 0. The van der Waals surface area contributed by atoms with Crippen molar-refractivity contribution in [3.05, 3.63) is 30.3 Å². The van der Waals surface area contributed by atoms with E-state index in [2.05, 4.69) is 9.84 Å². The number of halogens is 3. The second kappa shape index (κ2) is 5.41. The van der Waals surface area contributed by atoms with Gasteiger partial charge in [-0.05, 0) is 19.1 Å². The van der Waals surface area contributed by atoms with Crippen molar-refractivity contribution in [1.82, 2.24) is 0 Å². The molecule has 0 saturated carbocycles. The van der Waals surface area contributed by atoms with E-state index in [9.17, 15) is 18.3 Å². The van der Waals surface area contributed by atoms with Crippen LogP contribution in [0.5, 0.6) is 0 Å². The highest BCUT2D eigenvalue weighted by molar-refractivity contribution is 5.89. The molecule has 0 aromatic heterocycles. The number of hydrogen-bond acceptors (Lipinski definition) is 4. The van der Waals surface area contributed by atoms with Gasteiger partial charge in [-0.15, -0.1) is 0 Å². The number of alkyl halides is 3. The van der Waals surface area contributed by atoms with Crippen molar-refractivity contribution in [2.24, 2.45) is 11.0 Å². The number of nitrogens with zero attached hydrogens (tertiary/aromatic N) is 2. The van der Waals surface area contributed by atoms with E-state index in [1.165, 1.54) is 11.9 Å². The number of ether oxygens (including phenoxy) is 1. The monoisotopic (exact) mass is 288 g/mol. The van der Waals surface area contributed by atoms with Gasteiger partial charge in [0.2, 0.25) is 0 Å². The Balaban J connectivity index is 2.29. The number of para-hydroxylation sites is 1. The first-order valence-electron chi connectivity index (χ1n) is 6.03. The summed E-state index contributed by atoms with van der Waals surface area (Å²) in [6, 6.07) is 8.54. The quantitative estimate of drug-likeness (QED) is 0.929. The van der Waals surface area contributed by atoms with Gasteiger partial charge in [0, 0.05) is 12.8 Å². The maximum Gasteiger partial charge on any atom is 0.415 e. The number of aliphatic hydroxyl groups is 1. The number of rotatable bonds is 3. The summed E-state index contributed by atoms with van der Waals surface area (Å²) in [7, 11) is 0.976. The maximum atomic E-state index is 12.9. The Morgan fingerprint density at radius 3 is 2.40 bits per heavy atom. The maximum absolute atomic E-state index is 12.9. The van der Waals surface area contributed by atoms with Gasteiger partial charge in [-0.25, -0.2) is 5.01 Å². The summed E-state index contributed by atoms with van der Waals surface area (Å²) in [5.74, 6) is -1.25. The van der Waals surface area contributed by atoms with Gasteiger partial charge in [-0.1, -0.05) is 18.2 Å². The van der Waals surface area contributed by atoms with Gasteiger partial charge in [0.25, 0.3) is 0 Å². The third kappa shape index (κ3) is 2.64. The van der Waals surface area contributed by atoms with Crippen LogP contribution < -0.4 is 5.01 Å². The van der Waals surface area contributed by atoms with Crippen LogP contribution in [0.4, 0.5) is 18.9 Å². The summed E-state index contributed by atoms with van der Waals surface area (Å²) < 4.78 is 43.3. The lowest BCUT2D eigenvalue weighted by Gasteiger charge is -2.29. The Hall–Kier alpha value is -1.60. The number of benzene rings is 1. The van der Waals surface area contributed by atoms with Gasteiger partial charge in [0.05, 0.1) is 11.6 Å². The molecule has 0 aliphatic carbocycles. The van der Waals surface area contributed by atoms with Crippen molar-refractivity contribution in [3.8, 4) is 0 Å². The fourth-order valence-corrected chi connectivity index (χ4v) is 2.31. The van der Waals surface area contributed by atoms with E-state index < -0.39 is 24.4 Å². The number of hydrazone groups is 1. The molecule has 0 bridgehead atoms. The van der Waals surface area contributed by atoms with Crippen LogP contribution in [0.15, 0.2) is 35.4 Å². The van der Waals surface area contributed by atoms with E-state index in [-0.39, 0.29) is 5.71 Å². The number of aliphatic hydroxyl groups excluding tert-OH is 1. The summed E-state index contributed by atoms with van der Waals surface area (Å²) in [6.45, 7) is 1.45. The molecule has 1 aromatic carbocycles. The van der Waals surface area contributed by atoms with Gasteiger partial charge in [0.15, 0.2) is 12.3 Å². The number of anilines is 1. The molecule has 1 heterocycles. The smallest absolute Gasteiger partial charge is 0.371 e. The van der Waals surface area contributed by atoms with Crippen LogP contribution in [0.1, 0.15) is 6.92 Å². The fourth-order valence-electron chi connectivity index (χ4n) is 2.31. The van der Waals surface area contributed by atoms with Gasteiger partial charge < -0.3 is 9.84 Å². The molecule has 0 fully saturated rings. The minimum atomic E-state index is -4.57. The van der Waals surface area contributed by atoms with Crippen LogP contribution in [-0.2, 0) is 4.74 Å². The topological polar surface area (TPSA) is 45.1 Å². The fraction of sp³-hybridized carbons (Fsp3) is 0.462. The molecule has 1 aromatic rings. The Morgan fingerprint density at radius 1 is 1.30 bits per heavy atom. The zero-order chi connectivity index (χ0) is 14.9. The van der Waals surface area contributed by atoms with Crippen LogP contribution in [0.3, 0.4) is 0 Å². The van der Waals surface area contributed by atoms with Gasteiger partial charge in [0.1, 0.15) is 0 Å². The molecule has 3 unspecified atom stereocenters. The van der Waals surface area contributed by atoms with Crippen LogP contribution >= 0.6 is 0 Å². The van der Waals surface area contributed by atoms with Crippen molar-refractivity contribution in [2.75, 3.05) is 12.1 Å². The van der Waals surface area contributed by atoms with E-state index in [0.29, 0.717) is 5.69 Å². The van der Waals surface area contributed by atoms with E-state index in [1.807, 2.05) is 0 Å². The van der Waals surface area contributed by atoms with Crippen molar-refractivity contribution in [1.29, 1.82) is 0 Å². The predicted octanol–water partition coefficient (Wildman–Crippen LogP) is 2.39. The van der Waals surface area contributed by atoms with E-state index >= 15 is 0 Å². The summed E-state index contributed by atoms with van der Waals surface area (Å²) >= 11 is 0. The van der Waals surface area contributed by atoms with Crippen LogP contribution in [0.2, 0.25) is 0 Å². The van der Waals surface area contributed by atoms with Crippen LogP contribution in [-0.4, -0.2) is 36.4 Å². The van der Waals surface area contributed by atoms with E-state index in [1.54, 1.807) is 30.3 Å². The number of hydrogen-bond donors (Lipinski definition) is 1. The highest BCUT2D eigenvalue weighted by Crippen LogP contribution is 2.36. The second-order valence-electron chi connectivity index (χ2n) is 4.56. The molecule has 3 atom stereocenters. The summed E-state index contributed by atoms with van der Waals surface area (Å²) in [5, 5.41) is 15.4. The SMILES string of the molecule is COC(C1C(C)=NN(c2ccccc2)C1O)C(F)(F)F. The van der Waals surface area contributed by atoms with E-state index in [0.717, 1.165) is 7.11 Å². The Bertz CT molecular complexity index is 490. The molecule has 2 rings (SSSR count). The van der Waals surface area contributed by atoms with Gasteiger partial charge in [-0.3, -0.25) is 0 Å². The predicted molar refractivity (Wildman–Crippen MR) is 68.4 cm³/mol. The molecule has 1 aliphatic rings. The largest absolute Gasteiger partial charge is 0.415 e. The first kappa shape index (κ1) is 14.8. The molecule has 0 spiro atoms. The molecule has 4 nitrogen and oxygen atoms in total. The highest BCUT2D eigenvalue weighted by Gasteiger charge is 2.52. The zero-order valence-electron chi connectivity index (χ0n) is 11.0. The third-order valence-corrected chi connectivity index (χ3v) is 3.24. The van der Waals surface area contributed by atoms with E-state index in [4.69, 9.17) is 0 Å². The summed E-state index contributed by atoms with van der Waals surface area (Å²) in [5.41, 5.74) is 0.712. The minimum absolute atomic E-state index is 0.186. The molecule has 7 heteroatoms. The second-order valence-corrected chi connectivity index (χ2v) is 4.56. The van der Waals surface area contributed by atoms with Crippen LogP contribution in [0, 0.1) is 5.92 Å². The Labute approximate surface area is 114 Å². The lowest BCUT2D eigenvalue weighted by atomic mass is 9.95. The molecule has 1 aliphatic heterocycles. The Kier molecular flexibility index (Phi) is 4.01. The highest BCUT2D eigenvalue weighted by atomic mass is 19.4. The van der Waals surface area contributed by atoms with Crippen molar-refractivity contribution in [3.63, 3.8) is 0 Å². The molecule has 0 saturated heterocycles. The van der Waals surface area contributed by atoms with Gasteiger partial charge in [-0.2, -0.15) is 18.3 Å².